The third-order valence-electron chi connectivity index (χ3n) is 3.60. The molecule has 2 aromatic rings. The first-order valence-electron chi connectivity index (χ1n) is 6.89. The molecule has 3 rings (SSSR count). The highest BCUT2D eigenvalue weighted by Crippen LogP contribution is 2.24. The van der Waals surface area contributed by atoms with Crippen LogP contribution >= 0.6 is 0 Å². The highest BCUT2D eigenvalue weighted by Gasteiger charge is 2.38. The van der Waals surface area contributed by atoms with Crippen LogP contribution in [-0.2, 0) is 27.5 Å². The van der Waals surface area contributed by atoms with Crippen molar-refractivity contribution in [3.05, 3.63) is 71.8 Å². The quantitative estimate of drug-likeness (QED) is 0.871. The van der Waals surface area contributed by atoms with Crippen molar-refractivity contribution in [3.8, 4) is 0 Å². The summed E-state index contributed by atoms with van der Waals surface area (Å²) in [4.78, 5) is 0. The summed E-state index contributed by atoms with van der Waals surface area (Å²) in [6.07, 6.45) is 0.660. The Hall–Kier alpha value is -1.69. The molecule has 2 aromatic carbocycles. The van der Waals surface area contributed by atoms with E-state index >= 15 is 0 Å². The Morgan fingerprint density at radius 1 is 0.952 bits per heavy atom. The van der Waals surface area contributed by atoms with E-state index in [1.165, 1.54) is 4.31 Å². The lowest BCUT2D eigenvalue weighted by Gasteiger charge is -2.20. The SMILES string of the molecule is O=S1(=O)OC[C@H](Cc2ccccc2)N1Cc1ccccc1. The molecule has 0 aromatic heterocycles. The second-order valence-corrected chi connectivity index (χ2v) is 6.68. The molecule has 0 bridgehead atoms. The van der Waals surface area contributed by atoms with Crippen LogP contribution in [0.2, 0.25) is 0 Å². The molecule has 110 valence electrons. The van der Waals surface area contributed by atoms with Crippen molar-refractivity contribution in [1.29, 1.82) is 0 Å². The Balaban J connectivity index is 1.80. The minimum atomic E-state index is -3.62. The fraction of sp³-hybridized carbons (Fsp3) is 0.250. The summed E-state index contributed by atoms with van der Waals surface area (Å²) in [6.45, 7) is 0.560. The van der Waals surface area contributed by atoms with Crippen molar-refractivity contribution < 1.29 is 12.6 Å². The predicted octanol–water partition coefficient (Wildman–Crippen LogP) is 2.37. The minimum Gasteiger partial charge on any atom is -0.256 e. The Morgan fingerprint density at radius 3 is 2.14 bits per heavy atom. The number of hydrogen-bond donors (Lipinski definition) is 0. The van der Waals surface area contributed by atoms with Gasteiger partial charge in [-0.05, 0) is 17.5 Å². The third kappa shape index (κ3) is 3.32. The van der Waals surface area contributed by atoms with Gasteiger partial charge in [-0.3, -0.25) is 4.18 Å². The normalized spacial score (nSPS) is 21.4. The second-order valence-electron chi connectivity index (χ2n) is 5.12. The van der Waals surface area contributed by atoms with Gasteiger partial charge in [-0.1, -0.05) is 60.7 Å². The minimum absolute atomic E-state index is 0.155. The zero-order valence-electron chi connectivity index (χ0n) is 11.6. The molecule has 21 heavy (non-hydrogen) atoms. The van der Waals surface area contributed by atoms with Crippen LogP contribution in [0.15, 0.2) is 60.7 Å². The summed E-state index contributed by atoms with van der Waals surface area (Å²) < 4.78 is 30.6. The molecule has 0 aliphatic carbocycles. The predicted molar refractivity (Wildman–Crippen MR) is 80.8 cm³/mol. The maximum absolute atomic E-state index is 12.1. The van der Waals surface area contributed by atoms with Crippen LogP contribution in [0.3, 0.4) is 0 Å². The van der Waals surface area contributed by atoms with Gasteiger partial charge in [0.25, 0.3) is 0 Å². The van der Waals surface area contributed by atoms with Gasteiger partial charge in [0.1, 0.15) is 0 Å². The first-order valence-corrected chi connectivity index (χ1v) is 8.26. The van der Waals surface area contributed by atoms with Crippen LogP contribution in [-0.4, -0.2) is 25.4 Å². The van der Waals surface area contributed by atoms with Gasteiger partial charge in [-0.2, -0.15) is 12.7 Å². The average Bonchev–Trinajstić information content (AvgIpc) is 2.77. The lowest BCUT2D eigenvalue weighted by Crippen LogP contribution is -2.34. The van der Waals surface area contributed by atoms with E-state index in [-0.39, 0.29) is 12.6 Å². The molecule has 1 atom stereocenters. The molecule has 0 unspecified atom stereocenters. The summed E-state index contributed by atoms with van der Waals surface area (Å²) in [6, 6.07) is 19.3. The fourth-order valence-electron chi connectivity index (χ4n) is 2.52. The number of rotatable bonds is 4. The van der Waals surface area contributed by atoms with Gasteiger partial charge in [0.15, 0.2) is 0 Å². The molecule has 1 fully saturated rings. The first kappa shape index (κ1) is 14.3. The van der Waals surface area contributed by atoms with Gasteiger partial charge in [-0.25, -0.2) is 0 Å². The smallest absolute Gasteiger partial charge is 0.256 e. The van der Waals surface area contributed by atoms with Gasteiger partial charge in [-0.15, -0.1) is 0 Å². The second kappa shape index (κ2) is 5.97. The van der Waals surface area contributed by atoms with Crippen LogP contribution in [0.4, 0.5) is 0 Å². The maximum Gasteiger partial charge on any atom is 0.339 e. The molecule has 1 aliphatic rings. The van der Waals surface area contributed by atoms with E-state index in [1.807, 2.05) is 60.7 Å². The monoisotopic (exact) mass is 303 g/mol. The van der Waals surface area contributed by atoms with Gasteiger partial charge >= 0.3 is 10.3 Å². The van der Waals surface area contributed by atoms with Crippen LogP contribution in [0.5, 0.6) is 0 Å². The molecule has 1 aliphatic heterocycles. The third-order valence-corrected chi connectivity index (χ3v) is 5.03. The molecule has 5 heteroatoms. The van der Waals surface area contributed by atoms with E-state index in [4.69, 9.17) is 4.18 Å². The Labute approximate surface area is 125 Å². The van der Waals surface area contributed by atoms with E-state index in [1.54, 1.807) is 0 Å². The molecule has 0 N–H and O–H groups in total. The van der Waals surface area contributed by atoms with Crippen molar-refractivity contribution in [1.82, 2.24) is 4.31 Å². The van der Waals surface area contributed by atoms with E-state index in [0.29, 0.717) is 13.0 Å². The zero-order chi connectivity index (χ0) is 14.7. The Bertz CT molecular complexity index is 686. The van der Waals surface area contributed by atoms with Crippen LogP contribution in [0.25, 0.3) is 0 Å². The highest BCUT2D eigenvalue weighted by molar-refractivity contribution is 7.84. The molecule has 0 saturated carbocycles. The van der Waals surface area contributed by atoms with Gasteiger partial charge in [0, 0.05) is 6.54 Å². The molecule has 4 nitrogen and oxygen atoms in total. The summed E-state index contributed by atoms with van der Waals surface area (Å²) in [7, 11) is -3.62. The number of nitrogens with zero attached hydrogens (tertiary/aromatic N) is 1. The van der Waals surface area contributed by atoms with Gasteiger partial charge in [0.05, 0.1) is 12.6 Å². The molecule has 1 saturated heterocycles. The zero-order valence-corrected chi connectivity index (χ0v) is 12.4. The molecule has 0 radical (unpaired) electrons. The van der Waals surface area contributed by atoms with Gasteiger partial charge in [0.2, 0.25) is 0 Å². The lowest BCUT2D eigenvalue weighted by atomic mass is 10.1. The summed E-state index contributed by atoms with van der Waals surface area (Å²) in [5.74, 6) is 0. The van der Waals surface area contributed by atoms with Crippen LogP contribution < -0.4 is 0 Å². The molecule has 0 spiro atoms. The summed E-state index contributed by atoms with van der Waals surface area (Å²) >= 11 is 0. The van der Waals surface area contributed by atoms with Crippen LogP contribution in [0.1, 0.15) is 11.1 Å². The van der Waals surface area contributed by atoms with Gasteiger partial charge < -0.3 is 0 Å². The Morgan fingerprint density at radius 2 is 1.52 bits per heavy atom. The van der Waals surface area contributed by atoms with Crippen molar-refractivity contribution >= 4 is 10.3 Å². The van der Waals surface area contributed by atoms with E-state index in [9.17, 15) is 8.42 Å². The fourth-order valence-corrected chi connectivity index (χ4v) is 3.79. The molecular weight excluding hydrogens is 286 g/mol. The molecule has 1 heterocycles. The number of benzene rings is 2. The van der Waals surface area contributed by atoms with E-state index < -0.39 is 10.3 Å². The molecule has 0 amide bonds. The standard InChI is InChI=1S/C16H17NO3S/c18-21(19)17(12-15-9-5-2-6-10-15)16(13-20-21)11-14-7-3-1-4-8-14/h1-10,16H,11-13H2/t16-/m0/s1. The maximum atomic E-state index is 12.1. The lowest BCUT2D eigenvalue weighted by molar-refractivity contribution is 0.305. The number of hydrogen-bond acceptors (Lipinski definition) is 3. The van der Waals surface area contributed by atoms with E-state index in [0.717, 1.165) is 11.1 Å². The van der Waals surface area contributed by atoms with Crippen molar-refractivity contribution in [3.63, 3.8) is 0 Å². The topological polar surface area (TPSA) is 46.6 Å². The largest absolute Gasteiger partial charge is 0.339 e. The highest BCUT2D eigenvalue weighted by atomic mass is 32.2. The Kier molecular flexibility index (Phi) is 4.05. The first-order chi connectivity index (χ1) is 10.1. The van der Waals surface area contributed by atoms with E-state index in [2.05, 4.69) is 0 Å². The molecular formula is C16H17NO3S. The van der Waals surface area contributed by atoms with Crippen molar-refractivity contribution in [2.45, 2.75) is 19.0 Å². The van der Waals surface area contributed by atoms with Crippen molar-refractivity contribution in [2.75, 3.05) is 6.61 Å². The van der Waals surface area contributed by atoms with Crippen molar-refractivity contribution in [2.24, 2.45) is 0 Å². The van der Waals surface area contributed by atoms with Crippen LogP contribution in [0, 0.1) is 0 Å². The summed E-state index contributed by atoms with van der Waals surface area (Å²) in [5.41, 5.74) is 2.07. The average molecular weight is 303 g/mol. The summed E-state index contributed by atoms with van der Waals surface area (Å²) in [5, 5.41) is 0.